The van der Waals surface area contributed by atoms with E-state index in [-0.39, 0.29) is 21.0 Å². The van der Waals surface area contributed by atoms with Crippen molar-refractivity contribution < 1.29 is 18.3 Å². The molecule has 0 saturated carbocycles. The number of aromatic amines is 2. The van der Waals surface area contributed by atoms with Crippen molar-refractivity contribution in [3.05, 3.63) is 63.7 Å². The monoisotopic (exact) mass is 447 g/mol. The Hall–Kier alpha value is -3.51. The second kappa shape index (κ2) is 8.88. The van der Waals surface area contributed by atoms with Crippen LogP contribution in [-0.2, 0) is 10.0 Å². The van der Waals surface area contributed by atoms with Gasteiger partial charge < -0.3 is 14.8 Å². The van der Waals surface area contributed by atoms with Gasteiger partial charge in [0.25, 0.3) is 15.6 Å². The standard InChI is InChI=1S/C18H17N5O5S2/c1-2-28-13-7-3-12(4-8-13)23-30(26,27)14-9-5-11(6-10-14)21-22-15-16(24)19-18(29)20-17(15)25/h3-10,23H,2H2,1H3,(H3,19,20,24,25,29). The second-order valence-corrected chi connectivity index (χ2v) is 7.95. The molecule has 0 unspecified atom stereocenters. The summed E-state index contributed by atoms with van der Waals surface area (Å²) < 4.78 is 32.8. The zero-order valence-corrected chi connectivity index (χ0v) is 17.3. The number of anilines is 1. The summed E-state index contributed by atoms with van der Waals surface area (Å²) in [5, 5.41) is 17.2. The van der Waals surface area contributed by atoms with Gasteiger partial charge >= 0.3 is 0 Å². The van der Waals surface area contributed by atoms with Crippen molar-refractivity contribution in [2.45, 2.75) is 11.8 Å². The lowest BCUT2D eigenvalue weighted by Crippen LogP contribution is -2.12. The van der Waals surface area contributed by atoms with Gasteiger partial charge in [-0.3, -0.25) is 14.5 Å². The molecule has 0 radical (unpaired) electrons. The molecule has 10 nitrogen and oxygen atoms in total. The second-order valence-electron chi connectivity index (χ2n) is 5.86. The van der Waals surface area contributed by atoms with E-state index in [4.69, 9.17) is 17.0 Å². The Balaban J connectivity index is 1.76. The number of aromatic nitrogens is 2. The van der Waals surface area contributed by atoms with Crippen LogP contribution in [0.5, 0.6) is 11.6 Å². The highest BCUT2D eigenvalue weighted by Crippen LogP contribution is 2.24. The minimum atomic E-state index is -3.82. The topological polar surface area (TPSA) is 149 Å². The Kier molecular flexibility index (Phi) is 6.28. The van der Waals surface area contributed by atoms with Crippen molar-refractivity contribution in [2.24, 2.45) is 10.2 Å². The van der Waals surface area contributed by atoms with E-state index in [0.717, 1.165) is 0 Å². The van der Waals surface area contributed by atoms with Gasteiger partial charge in [-0.05, 0) is 67.7 Å². The summed E-state index contributed by atoms with van der Waals surface area (Å²) in [7, 11) is -3.82. The van der Waals surface area contributed by atoms with E-state index in [1.807, 2.05) is 6.92 Å². The molecule has 0 aliphatic rings. The molecule has 12 heteroatoms. The SMILES string of the molecule is CCOc1ccc(NS(=O)(=O)c2ccc(N=Nc3c(O)[nH]c(=S)[nH]c3=O)cc2)cc1. The van der Waals surface area contributed by atoms with Gasteiger partial charge in [0.15, 0.2) is 4.77 Å². The summed E-state index contributed by atoms with van der Waals surface area (Å²) in [6, 6.07) is 12.0. The highest BCUT2D eigenvalue weighted by Gasteiger charge is 2.14. The van der Waals surface area contributed by atoms with Crippen LogP contribution in [0.1, 0.15) is 6.92 Å². The molecule has 3 rings (SSSR count). The molecule has 30 heavy (non-hydrogen) atoms. The van der Waals surface area contributed by atoms with E-state index in [1.165, 1.54) is 24.3 Å². The number of hydrogen-bond acceptors (Lipinski definition) is 8. The predicted molar refractivity (Wildman–Crippen MR) is 113 cm³/mol. The first-order valence-electron chi connectivity index (χ1n) is 8.61. The summed E-state index contributed by atoms with van der Waals surface area (Å²) in [6.07, 6.45) is 0. The molecule has 0 spiro atoms. The number of benzene rings is 2. The van der Waals surface area contributed by atoms with Crippen molar-refractivity contribution in [3.63, 3.8) is 0 Å². The molecule has 1 aromatic heterocycles. The fourth-order valence-corrected chi connectivity index (χ4v) is 3.61. The third-order valence-corrected chi connectivity index (χ3v) is 5.33. The number of sulfonamides is 1. The highest BCUT2D eigenvalue weighted by atomic mass is 32.2. The van der Waals surface area contributed by atoms with Crippen LogP contribution in [0.4, 0.5) is 17.1 Å². The van der Waals surface area contributed by atoms with E-state index in [0.29, 0.717) is 18.0 Å². The number of nitrogens with zero attached hydrogens (tertiary/aromatic N) is 2. The average molecular weight is 447 g/mol. The van der Waals surface area contributed by atoms with Crippen molar-refractivity contribution in [2.75, 3.05) is 11.3 Å². The molecule has 0 fully saturated rings. The van der Waals surface area contributed by atoms with E-state index in [1.54, 1.807) is 24.3 Å². The fourth-order valence-electron chi connectivity index (χ4n) is 2.36. The van der Waals surface area contributed by atoms with Crippen LogP contribution in [0.2, 0.25) is 0 Å². The van der Waals surface area contributed by atoms with Crippen LogP contribution in [0.15, 0.2) is 68.4 Å². The molecule has 1 heterocycles. The van der Waals surface area contributed by atoms with E-state index in [9.17, 15) is 18.3 Å². The highest BCUT2D eigenvalue weighted by molar-refractivity contribution is 7.92. The number of H-pyrrole nitrogens is 2. The van der Waals surface area contributed by atoms with Crippen molar-refractivity contribution in [1.29, 1.82) is 0 Å². The maximum Gasteiger partial charge on any atom is 0.283 e. The summed E-state index contributed by atoms with van der Waals surface area (Å²) >= 11 is 4.73. The predicted octanol–water partition coefficient (Wildman–Crippen LogP) is 3.75. The van der Waals surface area contributed by atoms with Gasteiger partial charge in [0, 0.05) is 5.69 Å². The molecule has 0 amide bonds. The van der Waals surface area contributed by atoms with Gasteiger partial charge in [0.2, 0.25) is 11.6 Å². The molecule has 4 N–H and O–H groups in total. The van der Waals surface area contributed by atoms with Crippen molar-refractivity contribution in [3.8, 4) is 11.6 Å². The Morgan fingerprint density at radius 2 is 1.73 bits per heavy atom. The van der Waals surface area contributed by atoms with Gasteiger partial charge in [0.1, 0.15) is 5.75 Å². The van der Waals surface area contributed by atoms with E-state index < -0.39 is 21.5 Å². The molecule has 2 aromatic carbocycles. The molecular weight excluding hydrogens is 430 g/mol. The van der Waals surface area contributed by atoms with Crippen molar-refractivity contribution in [1.82, 2.24) is 9.97 Å². The lowest BCUT2D eigenvalue weighted by molar-refractivity contribution is 0.340. The zero-order valence-electron chi connectivity index (χ0n) is 15.6. The number of ether oxygens (including phenoxy) is 1. The van der Waals surface area contributed by atoms with E-state index in [2.05, 4.69) is 24.9 Å². The molecule has 0 aliphatic heterocycles. The van der Waals surface area contributed by atoms with Gasteiger partial charge in [-0.1, -0.05) is 0 Å². The normalized spacial score (nSPS) is 11.5. The quantitative estimate of drug-likeness (QED) is 0.320. The Morgan fingerprint density at radius 3 is 2.33 bits per heavy atom. The maximum absolute atomic E-state index is 12.5. The number of nitrogens with one attached hydrogen (secondary N) is 3. The largest absolute Gasteiger partial charge is 0.494 e. The van der Waals surface area contributed by atoms with Crippen LogP contribution in [-0.4, -0.2) is 30.1 Å². The summed E-state index contributed by atoms with van der Waals surface area (Å²) in [6.45, 7) is 2.37. The number of rotatable bonds is 7. The maximum atomic E-state index is 12.5. The Morgan fingerprint density at radius 1 is 1.07 bits per heavy atom. The van der Waals surface area contributed by atoms with Crippen LogP contribution >= 0.6 is 12.2 Å². The lowest BCUT2D eigenvalue weighted by Gasteiger charge is -2.09. The van der Waals surface area contributed by atoms with Crippen LogP contribution in [0.3, 0.4) is 0 Å². The minimum Gasteiger partial charge on any atom is -0.494 e. The van der Waals surface area contributed by atoms with Gasteiger partial charge in [-0.15, -0.1) is 5.11 Å². The number of azo groups is 1. The summed E-state index contributed by atoms with van der Waals surface area (Å²) in [5.41, 5.74) is -0.397. The molecule has 0 atom stereocenters. The van der Waals surface area contributed by atoms with Crippen molar-refractivity contribution >= 4 is 39.3 Å². The van der Waals surface area contributed by atoms with Gasteiger partial charge in [-0.25, -0.2) is 8.42 Å². The molecule has 0 aliphatic carbocycles. The van der Waals surface area contributed by atoms with Gasteiger partial charge in [-0.2, -0.15) is 5.11 Å². The molecular formula is C18H17N5O5S2. The van der Waals surface area contributed by atoms with Crippen LogP contribution < -0.4 is 15.0 Å². The van der Waals surface area contributed by atoms with Gasteiger partial charge in [0.05, 0.1) is 17.2 Å². The third-order valence-electron chi connectivity index (χ3n) is 3.73. The lowest BCUT2D eigenvalue weighted by atomic mass is 10.3. The minimum absolute atomic E-state index is 0.0137. The van der Waals surface area contributed by atoms with Crippen LogP contribution in [0.25, 0.3) is 0 Å². The molecule has 0 saturated heterocycles. The fraction of sp³-hybridized carbons (Fsp3) is 0.111. The molecule has 3 aromatic rings. The third kappa shape index (κ3) is 5.10. The zero-order chi connectivity index (χ0) is 21.7. The smallest absolute Gasteiger partial charge is 0.283 e. The first-order chi connectivity index (χ1) is 14.3. The van der Waals surface area contributed by atoms with E-state index >= 15 is 0 Å². The summed E-state index contributed by atoms with van der Waals surface area (Å²) in [5.74, 6) is 0.117. The first kappa shape index (κ1) is 21.2. The average Bonchev–Trinajstić information content (AvgIpc) is 2.69. The Bertz CT molecular complexity index is 1280. The number of aromatic hydroxyl groups is 1. The Labute approximate surface area is 176 Å². The molecule has 0 bridgehead atoms. The molecule has 156 valence electrons. The summed E-state index contributed by atoms with van der Waals surface area (Å²) in [4.78, 5) is 16.4. The number of hydrogen-bond donors (Lipinski definition) is 4. The van der Waals surface area contributed by atoms with Crippen LogP contribution in [0, 0.1) is 4.77 Å². The first-order valence-corrected chi connectivity index (χ1v) is 10.5.